The van der Waals surface area contributed by atoms with Crippen LogP contribution in [0.1, 0.15) is 11.3 Å². The zero-order valence-corrected chi connectivity index (χ0v) is 12.3. The minimum atomic E-state index is 0.567. The predicted molar refractivity (Wildman–Crippen MR) is 79.2 cm³/mol. The van der Waals surface area contributed by atoms with Gasteiger partial charge in [-0.1, -0.05) is 34.1 Å². The topological polar surface area (TPSA) is 67.1 Å². The molecule has 100 valence electrons. The molecule has 2 aromatic rings. The van der Waals surface area contributed by atoms with Gasteiger partial charge in [-0.2, -0.15) is 0 Å². The molecule has 1 aromatic carbocycles. The molecule has 6 heteroatoms. The number of hydrazine groups is 1. The molecule has 0 aliphatic heterocycles. The summed E-state index contributed by atoms with van der Waals surface area (Å²) < 4.78 is 1.12. The Balaban J connectivity index is 1.97. The minimum Gasteiger partial charge on any atom is -0.307 e. The Labute approximate surface area is 121 Å². The summed E-state index contributed by atoms with van der Waals surface area (Å²) in [5.74, 6) is 5.82. The molecule has 2 rings (SSSR count). The maximum atomic E-state index is 5.25. The molecule has 0 atom stereocenters. The first-order valence-electron chi connectivity index (χ1n) is 5.88. The second-order valence-corrected chi connectivity index (χ2v) is 5.16. The van der Waals surface area contributed by atoms with E-state index in [2.05, 4.69) is 49.3 Å². The Morgan fingerprint density at radius 2 is 2.00 bits per heavy atom. The fraction of sp³-hybridized carbons (Fsp3) is 0.231. The van der Waals surface area contributed by atoms with Crippen molar-refractivity contribution >= 4 is 21.7 Å². The van der Waals surface area contributed by atoms with Crippen molar-refractivity contribution in [3.05, 3.63) is 52.4 Å². The van der Waals surface area contributed by atoms with E-state index in [1.165, 1.54) is 5.56 Å². The zero-order chi connectivity index (χ0) is 13.7. The first-order valence-corrected chi connectivity index (χ1v) is 6.68. The molecule has 0 amide bonds. The van der Waals surface area contributed by atoms with Crippen molar-refractivity contribution in [2.75, 3.05) is 12.5 Å². The van der Waals surface area contributed by atoms with Crippen molar-refractivity contribution in [1.29, 1.82) is 0 Å². The van der Waals surface area contributed by atoms with Gasteiger partial charge in [-0.25, -0.2) is 10.8 Å². The van der Waals surface area contributed by atoms with Gasteiger partial charge >= 0.3 is 0 Å². The Bertz CT molecular complexity index is 529. The average Bonchev–Trinajstić information content (AvgIpc) is 2.42. The van der Waals surface area contributed by atoms with Crippen molar-refractivity contribution in [2.24, 2.45) is 5.84 Å². The first-order chi connectivity index (χ1) is 9.19. The van der Waals surface area contributed by atoms with E-state index < -0.39 is 0 Å². The lowest BCUT2D eigenvalue weighted by Gasteiger charge is -2.17. The van der Waals surface area contributed by atoms with E-state index in [0.29, 0.717) is 5.82 Å². The molecule has 0 bridgehead atoms. The Kier molecular flexibility index (Phi) is 4.84. The van der Waals surface area contributed by atoms with Gasteiger partial charge in [0.2, 0.25) is 0 Å². The third-order valence-corrected chi connectivity index (χ3v) is 3.46. The molecule has 19 heavy (non-hydrogen) atoms. The van der Waals surface area contributed by atoms with Gasteiger partial charge in [-0.05, 0) is 18.7 Å². The highest BCUT2D eigenvalue weighted by Gasteiger charge is 2.05. The summed E-state index contributed by atoms with van der Waals surface area (Å²) in [6, 6.07) is 8.20. The van der Waals surface area contributed by atoms with E-state index in [1.54, 1.807) is 12.4 Å². The summed E-state index contributed by atoms with van der Waals surface area (Å²) in [5.41, 5.74) is 4.62. The molecule has 3 N–H and O–H groups in total. The average molecular weight is 322 g/mol. The number of nitrogen functional groups attached to an aromatic ring is 1. The maximum Gasteiger partial charge on any atom is 0.158 e. The number of nitrogens with zero attached hydrogens (tertiary/aromatic N) is 3. The van der Waals surface area contributed by atoms with Crippen molar-refractivity contribution in [1.82, 2.24) is 14.9 Å². The van der Waals surface area contributed by atoms with E-state index in [-0.39, 0.29) is 0 Å². The summed E-state index contributed by atoms with van der Waals surface area (Å²) in [7, 11) is 2.05. The van der Waals surface area contributed by atoms with Gasteiger partial charge in [0.25, 0.3) is 0 Å². The number of hydrogen-bond acceptors (Lipinski definition) is 5. The molecule has 1 heterocycles. The number of hydrogen-bond donors (Lipinski definition) is 2. The highest BCUT2D eigenvalue weighted by Crippen LogP contribution is 2.17. The first kappa shape index (κ1) is 13.9. The monoisotopic (exact) mass is 321 g/mol. The molecule has 5 nitrogen and oxygen atoms in total. The van der Waals surface area contributed by atoms with E-state index >= 15 is 0 Å². The lowest BCUT2D eigenvalue weighted by Crippen LogP contribution is -2.18. The molecule has 0 aliphatic rings. The van der Waals surface area contributed by atoms with Crippen LogP contribution >= 0.6 is 15.9 Å². The number of halogens is 1. The van der Waals surface area contributed by atoms with Crippen LogP contribution < -0.4 is 11.3 Å². The lowest BCUT2D eigenvalue weighted by molar-refractivity contribution is 0.314. The van der Waals surface area contributed by atoms with Crippen molar-refractivity contribution in [2.45, 2.75) is 13.1 Å². The van der Waals surface area contributed by atoms with Crippen LogP contribution in [0.3, 0.4) is 0 Å². The third kappa shape index (κ3) is 3.99. The minimum absolute atomic E-state index is 0.567. The second kappa shape index (κ2) is 6.60. The van der Waals surface area contributed by atoms with Crippen LogP contribution in [0.5, 0.6) is 0 Å². The largest absolute Gasteiger partial charge is 0.307 e. The van der Waals surface area contributed by atoms with Gasteiger partial charge in [0.15, 0.2) is 5.82 Å². The Morgan fingerprint density at radius 1 is 1.21 bits per heavy atom. The Hall–Kier alpha value is -1.50. The van der Waals surface area contributed by atoms with E-state index in [1.807, 2.05) is 18.2 Å². The lowest BCUT2D eigenvalue weighted by atomic mass is 10.2. The number of aromatic nitrogens is 2. The summed E-state index contributed by atoms with van der Waals surface area (Å²) in [4.78, 5) is 10.6. The number of benzene rings is 1. The van der Waals surface area contributed by atoms with Gasteiger partial charge in [0, 0.05) is 17.6 Å². The highest BCUT2D eigenvalue weighted by molar-refractivity contribution is 9.10. The van der Waals surface area contributed by atoms with Crippen LogP contribution in [0.4, 0.5) is 5.82 Å². The maximum absolute atomic E-state index is 5.25. The zero-order valence-electron chi connectivity index (χ0n) is 10.7. The van der Waals surface area contributed by atoms with Crippen LogP contribution in [0, 0.1) is 0 Å². The molecule has 0 saturated heterocycles. The number of nitrogens with one attached hydrogen (secondary N) is 1. The fourth-order valence-corrected chi connectivity index (χ4v) is 2.17. The molecule has 0 spiro atoms. The van der Waals surface area contributed by atoms with Gasteiger partial charge in [0.1, 0.15) is 0 Å². The molecule has 0 aliphatic carbocycles. The number of rotatable bonds is 5. The third-order valence-electron chi connectivity index (χ3n) is 2.68. The van der Waals surface area contributed by atoms with Gasteiger partial charge in [-0.15, -0.1) is 0 Å². The predicted octanol–water partition coefficient (Wildman–Crippen LogP) is 2.16. The van der Waals surface area contributed by atoms with Crippen molar-refractivity contribution in [3.63, 3.8) is 0 Å². The molecular weight excluding hydrogens is 306 g/mol. The van der Waals surface area contributed by atoms with E-state index in [4.69, 9.17) is 5.84 Å². The molecule has 0 unspecified atom stereocenters. The van der Waals surface area contributed by atoms with Gasteiger partial charge < -0.3 is 5.43 Å². The van der Waals surface area contributed by atoms with Crippen molar-refractivity contribution < 1.29 is 0 Å². The smallest absolute Gasteiger partial charge is 0.158 e. The number of nitrogens with two attached hydrogens (primary N) is 1. The molecule has 0 fully saturated rings. The van der Waals surface area contributed by atoms with Gasteiger partial charge in [0.05, 0.1) is 18.1 Å². The Morgan fingerprint density at radius 3 is 2.63 bits per heavy atom. The summed E-state index contributed by atoms with van der Waals surface area (Å²) in [5, 5.41) is 0. The highest BCUT2D eigenvalue weighted by atomic mass is 79.9. The van der Waals surface area contributed by atoms with Crippen LogP contribution in [-0.2, 0) is 13.1 Å². The number of anilines is 1. The summed E-state index contributed by atoms with van der Waals surface area (Å²) in [6.07, 6.45) is 3.35. The normalized spacial score (nSPS) is 10.7. The molecule has 0 saturated carbocycles. The SMILES string of the molecule is CN(Cc1cnc(NN)cn1)Cc1ccccc1Br. The summed E-state index contributed by atoms with van der Waals surface area (Å²) in [6.45, 7) is 1.58. The summed E-state index contributed by atoms with van der Waals surface area (Å²) >= 11 is 3.55. The second-order valence-electron chi connectivity index (χ2n) is 4.30. The van der Waals surface area contributed by atoms with Crippen LogP contribution in [-0.4, -0.2) is 21.9 Å². The quantitative estimate of drug-likeness (QED) is 0.652. The molecular formula is C13H16BrN5. The van der Waals surface area contributed by atoms with Gasteiger partial charge in [-0.3, -0.25) is 9.88 Å². The standard InChI is InChI=1S/C13H16BrN5/c1-19(8-10-4-2-3-5-12(10)14)9-11-6-17-13(18-15)7-16-11/h2-7H,8-9,15H2,1H3,(H,17,18). The van der Waals surface area contributed by atoms with Crippen molar-refractivity contribution in [3.8, 4) is 0 Å². The molecule has 1 aromatic heterocycles. The fourth-order valence-electron chi connectivity index (χ4n) is 1.76. The van der Waals surface area contributed by atoms with Crippen LogP contribution in [0.2, 0.25) is 0 Å². The van der Waals surface area contributed by atoms with Crippen LogP contribution in [0.15, 0.2) is 41.1 Å². The van der Waals surface area contributed by atoms with E-state index in [9.17, 15) is 0 Å². The molecule has 0 radical (unpaired) electrons. The van der Waals surface area contributed by atoms with Crippen LogP contribution in [0.25, 0.3) is 0 Å². The van der Waals surface area contributed by atoms with E-state index in [0.717, 1.165) is 23.3 Å².